The maximum atomic E-state index is 5.85. The number of ether oxygens (including phenoxy) is 6. The van der Waals surface area contributed by atoms with E-state index in [9.17, 15) is 0 Å². The summed E-state index contributed by atoms with van der Waals surface area (Å²) in [5.41, 5.74) is 2.07. The Hall–Kier alpha value is -2.70. The number of hydrogen-bond acceptors (Lipinski definition) is 6. The average molecular weight is 400 g/mol. The van der Waals surface area contributed by atoms with E-state index in [0.717, 1.165) is 11.1 Å². The quantitative estimate of drug-likeness (QED) is 0.724. The predicted octanol–water partition coefficient (Wildman–Crippen LogP) is 3.90. The highest BCUT2D eigenvalue weighted by atomic mass is 16.6. The van der Waals surface area contributed by atoms with Crippen molar-refractivity contribution in [3.8, 4) is 23.0 Å². The Morgan fingerprint density at radius 2 is 1.10 bits per heavy atom. The molecule has 0 aromatic heterocycles. The van der Waals surface area contributed by atoms with Crippen LogP contribution in [0.2, 0.25) is 0 Å². The first-order valence-electron chi connectivity index (χ1n) is 9.80. The zero-order valence-corrected chi connectivity index (χ0v) is 16.9. The molecule has 0 bridgehead atoms. The van der Waals surface area contributed by atoms with Gasteiger partial charge in [-0.15, -0.1) is 0 Å². The highest BCUT2D eigenvalue weighted by molar-refractivity contribution is 5.54. The van der Waals surface area contributed by atoms with Crippen molar-refractivity contribution in [2.24, 2.45) is 0 Å². The zero-order chi connectivity index (χ0) is 20.3. The number of rotatable bonds is 1. The second-order valence-corrected chi connectivity index (χ2v) is 6.48. The molecule has 156 valence electrons. The summed E-state index contributed by atoms with van der Waals surface area (Å²) in [5, 5.41) is 0. The fraction of sp³-hybridized carbons (Fsp3) is 0.391. The summed E-state index contributed by atoms with van der Waals surface area (Å²) in [6, 6.07) is 11.6. The Bertz CT molecular complexity index is 789. The van der Waals surface area contributed by atoms with Crippen molar-refractivity contribution in [3.63, 3.8) is 0 Å². The van der Waals surface area contributed by atoms with Crippen molar-refractivity contribution < 1.29 is 28.4 Å². The Kier molecular flexibility index (Phi) is 8.22. The van der Waals surface area contributed by atoms with Crippen LogP contribution in [0.1, 0.15) is 11.1 Å². The predicted molar refractivity (Wildman–Crippen MR) is 111 cm³/mol. The Morgan fingerprint density at radius 1 is 0.621 bits per heavy atom. The minimum Gasteiger partial charge on any atom is -0.487 e. The molecule has 29 heavy (non-hydrogen) atoms. The summed E-state index contributed by atoms with van der Waals surface area (Å²) >= 11 is 0. The molecule has 3 rings (SSSR count). The lowest BCUT2D eigenvalue weighted by Gasteiger charge is -2.16. The van der Waals surface area contributed by atoms with Crippen LogP contribution >= 0.6 is 0 Å². The van der Waals surface area contributed by atoms with Crippen LogP contribution in [-0.2, 0) is 9.47 Å². The normalized spacial score (nSPS) is 16.3. The van der Waals surface area contributed by atoms with E-state index in [4.69, 9.17) is 28.4 Å². The van der Waals surface area contributed by atoms with E-state index in [1.54, 1.807) is 6.08 Å². The largest absolute Gasteiger partial charge is 0.487 e. The van der Waals surface area contributed by atoms with Crippen LogP contribution < -0.4 is 18.9 Å². The monoisotopic (exact) mass is 400 g/mol. The van der Waals surface area contributed by atoms with Crippen molar-refractivity contribution in [1.82, 2.24) is 0 Å². The third kappa shape index (κ3) is 6.69. The molecule has 0 saturated carbocycles. The summed E-state index contributed by atoms with van der Waals surface area (Å²) in [5.74, 6) is 2.74. The van der Waals surface area contributed by atoms with Crippen LogP contribution in [0.25, 0.3) is 6.08 Å². The summed E-state index contributed by atoms with van der Waals surface area (Å²) in [6.45, 7) is 9.30. The Labute approximate surface area is 171 Å². The van der Waals surface area contributed by atoms with Gasteiger partial charge in [-0.3, -0.25) is 0 Å². The molecule has 2 aromatic carbocycles. The van der Waals surface area contributed by atoms with Gasteiger partial charge in [0, 0.05) is 0 Å². The topological polar surface area (TPSA) is 55.4 Å². The second kappa shape index (κ2) is 11.3. The molecule has 6 heteroatoms. The van der Waals surface area contributed by atoms with Crippen molar-refractivity contribution in [2.45, 2.75) is 6.92 Å². The minimum atomic E-state index is 0.409. The Balaban J connectivity index is 1.61. The summed E-state index contributed by atoms with van der Waals surface area (Å²) in [6.07, 6.45) is 1.77. The first kappa shape index (κ1) is 21.0. The molecule has 1 aliphatic heterocycles. The van der Waals surface area contributed by atoms with Crippen LogP contribution in [0.4, 0.5) is 0 Å². The third-order valence-corrected chi connectivity index (χ3v) is 4.24. The van der Waals surface area contributed by atoms with Gasteiger partial charge < -0.3 is 28.4 Å². The van der Waals surface area contributed by atoms with Crippen LogP contribution in [0.5, 0.6) is 23.0 Å². The molecule has 0 radical (unpaired) electrons. The van der Waals surface area contributed by atoms with Gasteiger partial charge in [-0.05, 0) is 42.3 Å². The smallest absolute Gasteiger partial charge is 0.161 e. The highest BCUT2D eigenvalue weighted by Gasteiger charge is 2.08. The van der Waals surface area contributed by atoms with Crippen molar-refractivity contribution in [1.29, 1.82) is 0 Å². The number of fused-ring (bicyclic) bond motifs is 2. The molecule has 0 saturated heterocycles. The zero-order valence-electron chi connectivity index (χ0n) is 16.9. The van der Waals surface area contributed by atoms with Crippen molar-refractivity contribution in [3.05, 3.63) is 54.1 Å². The van der Waals surface area contributed by atoms with Gasteiger partial charge in [0.15, 0.2) is 23.0 Å². The van der Waals surface area contributed by atoms with E-state index < -0.39 is 0 Å². The number of hydrogen-bond donors (Lipinski definition) is 0. The van der Waals surface area contributed by atoms with E-state index in [-0.39, 0.29) is 0 Å². The van der Waals surface area contributed by atoms with Crippen molar-refractivity contribution >= 4 is 6.08 Å². The molecule has 6 nitrogen and oxygen atoms in total. The minimum absolute atomic E-state index is 0.409. The summed E-state index contributed by atoms with van der Waals surface area (Å²) in [4.78, 5) is 0. The molecule has 0 unspecified atom stereocenters. The lowest BCUT2D eigenvalue weighted by atomic mass is 10.2. The summed E-state index contributed by atoms with van der Waals surface area (Å²) in [7, 11) is 0. The van der Waals surface area contributed by atoms with Gasteiger partial charge in [0.1, 0.15) is 26.4 Å². The standard InChI is InChI=1S/C23H28O6/c1-3-19-5-7-21-23(17-19)29-15-11-25-8-12-26-20-6-4-18(2)16-22(20)28-14-10-24-9-13-27-21/h3-7,16-17H,1,8-15H2,2H3. The summed E-state index contributed by atoms with van der Waals surface area (Å²) < 4.78 is 34.5. The first-order chi connectivity index (χ1) is 14.3. The van der Waals surface area contributed by atoms with E-state index in [0.29, 0.717) is 75.9 Å². The third-order valence-electron chi connectivity index (χ3n) is 4.24. The van der Waals surface area contributed by atoms with Crippen LogP contribution in [0.3, 0.4) is 0 Å². The van der Waals surface area contributed by atoms with Crippen LogP contribution in [0.15, 0.2) is 43.0 Å². The van der Waals surface area contributed by atoms with Gasteiger partial charge in [0.2, 0.25) is 0 Å². The molecular formula is C23H28O6. The van der Waals surface area contributed by atoms with Gasteiger partial charge in [-0.1, -0.05) is 24.8 Å². The van der Waals surface area contributed by atoms with Crippen LogP contribution in [0, 0.1) is 6.92 Å². The van der Waals surface area contributed by atoms with Crippen molar-refractivity contribution in [2.75, 3.05) is 52.9 Å². The van der Waals surface area contributed by atoms with E-state index in [1.165, 1.54) is 0 Å². The fourth-order valence-electron chi connectivity index (χ4n) is 2.78. The molecule has 0 N–H and O–H groups in total. The Morgan fingerprint density at radius 3 is 1.66 bits per heavy atom. The van der Waals surface area contributed by atoms with Gasteiger partial charge in [0.05, 0.1) is 26.4 Å². The van der Waals surface area contributed by atoms with Gasteiger partial charge >= 0.3 is 0 Å². The number of benzene rings is 2. The molecule has 0 fully saturated rings. The second-order valence-electron chi connectivity index (χ2n) is 6.48. The van der Waals surface area contributed by atoms with E-state index in [2.05, 4.69) is 6.58 Å². The first-order valence-corrected chi connectivity index (χ1v) is 9.80. The van der Waals surface area contributed by atoms with E-state index in [1.807, 2.05) is 43.3 Å². The molecule has 0 spiro atoms. The average Bonchev–Trinajstić information content (AvgIpc) is 2.73. The molecule has 0 atom stereocenters. The van der Waals surface area contributed by atoms with Gasteiger partial charge in [-0.2, -0.15) is 0 Å². The molecule has 0 amide bonds. The highest BCUT2D eigenvalue weighted by Crippen LogP contribution is 2.29. The lowest BCUT2D eigenvalue weighted by Crippen LogP contribution is -2.15. The lowest BCUT2D eigenvalue weighted by molar-refractivity contribution is 0.0640. The molecule has 2 aromatic rings. The fourth-order valence-corrected chi connectivity index (χ4v) is 2.78. The van der Waals surface area contributed by atoms with Crippen LogP contribution in [-0.4, -0.2) is 52.9 Å². The molecular weight excluding hydrogens is 372 g/mol. The maximum Gasteiger partial charge on any atom is 0.161 e. The van der Waals surface area contributed by atoms with Gasteiger partial charge in [-0.25, -0.2) is 0 Å². The molecule has 1 heterocycles. The molecule has 0 aliphatic carbocycles. The van der Waals surface area contributed by atoms with Gasteiger partial charge in [0.25, 0.3) is 0 Å². The number of aryl methyl sites for hydroxylation is 1. The SMILES string of the molecule is C=Cc1ccc2c(c1)OCCOCCOc1ccc(C)cc1OCCOCCO2. The maximum absolute atomic E-state index is 5.85. The van der Waals surface area contributed by atoms with E-state index >= 15 is 0 Å². The molecule has 1 aliphatic rings.